The molecule has 0 unspecified atom stereocenters. The molecule has 4 aromatic heterocycles. The molecular weight excluding hydrogens is 869 g/mol. The second-order valence-corrected chi connectivity index (χ2v) is 19.9. The van der Waals surface area contributed by atoms with E-state index in [1.165, 1.54) is 10.8 Å². The molecule has 9 rings (SSSR count). The number of nitrogens with zero attached hydrogens (tertiary/aromatic N) is 4. The summed E-state index contributed by atoms with van der Waals surface area (Å²) in [5.74, 6) is 0.181. The van der Waals surface area contributed by atoms with Crippen molar-refractivity contribution in [2.45, 2.75) is 46.3 Å². The summed E-state index contributed by atoms with van der Waals surface area (Å²) >= 11 is 0. The molecule has 1 radical (unpaired) electrons. The van der Waals surface area contributed by atoms with Crippen LogP contribution in [-0.4, -0.2) is 27.6 Å². The molecule has 0 N–H and O–H groups in total. The number of imidazole rings is 1. The average molecular weight is 912 g/mol. The van der Waals surface area contributed by atoms with Crippen LogP contribution >= 0.6 is 0 Å². The SMILES string of the molecule is Cc1ccc2c(n1)oc1c(-c3nc4ccccc4n3-c3cccc(-c4ccccc4)c3)[c-]ccc12.[2H]C(C)(C)c1cc(-c2[c-]cccc2)ncc1[Si](C)(C)C.[Ir]. The molecule has 9 aromatic rings. The summed E-state index contributed by atoms with van der Waals surface area (Å²) in [4.78, 5) is 14.3. The molecule has 0 aliphatic carbocycles. The fourth-order valence-corrected chi connectivity index (χ4v) is 8.54. The van der Waals surface area contributed by atoms with Gasteiger partial charge >= 0.3 is 0 Å². The third-order valence-electron chi connectivity index (χ3n) is 9.67. The van der Waals surface area contributed by atoms with Crippen molar-refractivity contribution < 1.29 is 25.9 Å². The van der Waals surface area contributed by atoms with Gasteiger partial charge in [-0.2, -0.15) is 0 Å². The Morgan fingerprint density at radius 1 is 0.745 bits per heavy atom. The summed E-state index contributed by atoms with van der Waals surface area (Å²) in [6.07, 6.45) is 1.98. The molecule has 0 aliphatic rings. The zero-order chi connectivity index (χ0) is 38.3. The number of furan rings is 1. The third-order valence-corrected chi connectivity index (χ3v) is 11.7. The molecule has 275 valence electrons. The Morgan fingerprint density at radius 3 is 2.27 bits per heavy atom. The predicted molar refractivity (Wildman–Crippen MR) is 226 cm³/mol. The van der Waals surface area contributed by atoms with E-state index in [0.29, 0.717) is 5.71 Å². The van der Waals surface area contributed by atoms with Crippen LogP contribution in [0.2, 0.25) is 19.6 Å². The largest absolute Gasteiger partial charge is 0.486 e. The van der Waals surface area contributed by atoms with Crippen LogP contribution in [0.15, 0.2) is 144 Å². The van der Waals surface area contributed by atoms with Crippen LogP contribution in [-0.2, 0) is 20.1 Å². The maximum atomic E-state index is 8.44. The Kier molecular flexibility index (Phi) is 10.4. The van der Waals surface area contributed by atoms with Gasteiger partial charge in [-0.15, -0.1) is 54.1 Å². The van der Waals surface area contributed by atoms with Crippen LogP contribution in [0, 0.1) is 19.1 Å². The Labute approximate surface area is 338 Å². The number of fused-ring (bicyclic) bond motifs is 4. The Bertz CT molecular complexity index is 2800. The van der Waals surface area contributed by atoms with Crippen LogP contribution in [0.3, 0.4) is 0 Å². The smallest absolute Gasteiger partial charge is 0.216 e. The molecule has 0 amide bonds. The molecule has 4 heterocycles. The second-order valence-electron chi connectivity index (χ2n) is 14.8. The Hall–Kier alpha value is -5.46. The molecule has 55 heavy (non-hydrogen) atoms. The summed E-state index contributed by atoms with van der Waals surface area (Å²) in [5, 5.41) is 3.28. The van der Waals surface area contributed by atoms with Gasteiger partial charge in [-0.1, -0.05) is 111 Å². The van der Waals surface area contributed by atoms with Crippen molar-refractivity contribution in [3.05, 3.63) is 163 Å². The molecule has 0 aliphatic heterocycles. The first-order chi connectivity index (χ1) is 26.5. The standard InChI is InChI=1S/C31H20N3O.C17H22NSi.Ir/c1-20-17-18-25-24-13-8-14-26(29(24)35-31(25)32-20)30-33-27-15-5-6-16-28(27)34(30)23-12-7-11-22(19-23)21-9-3-2-4-10-21;1-13(2)15-11-16(14-9-7-6-8-10-14)18-12-17(15)19(3,4)5;/h2-13,15-19H,1H3;6-9,11-13H,1-5H3;/q2*-1;/i;13D;. The first kappa shape index (κ1) is 36.5. The number of pyridine rings is 2. The maximum absolute atomic E-state index is 8.44. The molecule has 5 aromatic carbocycles. The predicted octanol–water partition coefficient (Wildman–Crippen LogP) is 12.0. The van der Waals surface area contributed by atoms with Gasteiger partial charge in [0.05, 0.1) is 30.5 Å². The van der Waals surface area contributed by atoms with Crippen molar-refractivity contribution in [2.75, 3.05) is 0 Å². The van der Waals surface area contributed by atoms with Gasteiger partial charge in [0.15, 0.2) is 0 Å². The summed E-state index contributed by atoms with van der Waals surface area (Å²) in [6.45, 7) is 12.8. The zero-order valence-corrected chi connectivity index (χ0v) is 35.2. The minimum Gasteiger partial charge on any atom is -0.486 e. The van der Waals surface area contributed by atoms with Crippen molar-refractivity contribution >= 4 is 46.4 Å². The molecule has 5 nitrogen and oxygen atoms in total. The number of aromatic nitrogens is 4. The maximum Gasteiger partial charge on any atom is 0.216 e. The van der Waals surface area contributed by atoms with E-state index in [0.717, 1.165) is 72.5 Å². The van der Waals surface area contributed by atoms with Crippen molar-refractivity contribution in [3.63, 3.8) is 0 Å². The van der Waals surface area contributed by atoms with Crippen LogP contribution in [0.1, 0.15) is 32.4 Å². The molecule has 0 atom stereocenters. The summed E-state index contributed by atoms with van der Waals surface area (Å²) < 4.78 is 16.9. The van der Waals surface area contributed by atoms with E-state index in [4.69, 9.17) is 10.8 Å². The fraction of sp³-hybridized carbons (Fsp3) is 0.146. The summed E-state index contributed by atoms with van der Waals surface area (Å²) in [5.41, 5.74) is 11.4. The first-order valence-electron chi connectivity index (χ1n) is 18.8. The topological polar surface area (TPSA) is 56.7 Å². The minimum absolute atomic E-state index is 0. The van der Waals surface area contributed by atoms with Gasteiger partial charge in [-0.25, -0.2) is 4.98 Å². The van der Waals surface area contributed by atoms with E-state index in [2.05, 4.69) is 113 Å². The van der Waals surface area contributed by atoms with Crippen LogP contribution < -0.4 is 5.19 Å². The monoisotopic (exact) mass is 912 g/mol. The van der Waals surface area contributed by atoms with E-state index in [1.807, 2.05) is 93.7 Å². The van der Waals surface area contributed by atoms with Gasteiger partial charge in [0.1, 0.15) is 0 Å². The number of hydrogen-bond acceptors (Lipinski definition) is 4. The van der Waals surface area contributed by atoms with Gasteiger partial charge < -0.3 is 14.0 Å². The number of hydrogen-bond donors (Lipinski definition) is 0. The Balaban J connectivity index is 0.000000197. The van der Waals surface area contributed by atoms with Crippen LogP contribution in [0.4, 0.5) is 0 Å². The second kappa shape index (κ2) is 15.7. The minimum atomic E-state index is -1.50. The van der Waals surface area contributed by atoms with Crippen LogP contribution in [0.5, 0.6) is 0 Å². The molecule has 0 spiro atoms. The van der Waals surface area contributed by atoms with Crippen molar-refractivity contribution in [1.82, 2.24) is 19.5 Å². The summed E-state index contributed by atoms with van der Waals surface area (Å²) in [6, 6.07) is 51.8. The van der Waals surface area contributed by atoms with E-state index in [1.54, 1.807) is 0 Å². The normalized spacial score (nSPS) is 11.9. The fourth-order valence-electron chi connectivity index (χ4n) is 6.96. The first-order valence-corrected chi connectivity index (χ1v) is 21.8. The zero-order valence-electron chi connectivity index (χ0n) is 32.8. The van der Waals surface area contributed by atoms with E-state index in [9.17, 15) is 0 Å². The quantitative estimate of drug-likeness (QED) is 0.123. The van der Waals surface area contributed by atoms with Crippen molar-refractivity contribution in [1.29, 1.82) is 0 Å². The molecule has 0 saturated heterocycles. The number of benzene rings is 5. The van der Waals surface area contributed by atoms with E-state index >= 15 is 0 Å². The third kappa shape index (κ3) is 7.61. The molecule has 0 fully saturated rings. The molecule has 0 saturated carbocycles. The van der Waals surface area contributed by atoms with Crippen LogP contribution in [0.25, 0.3) is 72.6 Å². The van der Waals surface area contributed by atoms with Gasteiger partial charge in [-0.3, -0.25) is 4.98 Å². The van der Waals surface area contributed by atoms with Gasteiger partial charge in [0.2, 0.25) is 5.71 Å². The Morgan fingerprint density at radius 2 is 1.51 bits per heavy atom. The van der Waals surface area contributed by atoms with E-state index < -0.39 is 14.0 Å². The molecule has 0 bridgehead atoms. The van der Waals surface area contributed by atoms with Crippen molar-refractivity contribution in [2.24, 2.45) is 0 Å². The van der Waals surface area contributed by atoms with Crippen molar-refractivity contribution in [3.8, 4) is 39.5 Å². The number of aryl methyl sites for hydroxylation is 1. The average Bonchev–Trinajstić information content (AvgIpc) is 3.76. The van der Waals surface area contributed by atoms with Gasteiger partial charge in [0.25, 0.3) is 0 Å². The number of para-hydroxylation sites is 2. The number of rotatable bonds is 6. The molecular formula is C48H42IrN4OSi-2. The van der Waals surface area contributed by atoms with Gasteiger partial charge in [-0.05, 0) is 71.2 Å². The molecule has 7 heteroatoms. The van der Waals surface area contributed by atoms with E-state index in [-0.39, 0.29) is 20.1 Å². The summed E-state index contributed by atoms with van der Waals surface area (Å²) in [7, 11) is -1.50. The van der Waals surface area contributed by atoms with Gasteiger partial charge in [0, 0.05) is 44.4 Å².